The third-order valence-corrected chi connectivity index (χ3v) is 5.91. The van der Waals surface area contributed by atoms with Gasteiger partial charge in [0.15, 0.2) is 0 Å². The number of nitrogens with zero attached hydrogens (tertiary/aromatic N) is 2. The summed E-state index contributed by atoms with van der Waals surface area (Å²) in [7, 11) is 0. The Hall–Kier alpha value is -2.92. The van der Waals surface area contributed by atoms with Gasteiger partial charge in [0.1, 0.15) is 0 Å². The van der Waals surface area contributed by atoms with Gasteiger partial charge in [-0.1, -0.05) is 55.1 Å². The lowest BCUT2D eigenvalue weighted by Crippen LogP contribution is -2.25. The molecule has 160 valence electrons. The lowest BCUT2D eigenvalue weighted by atomic mass is 9.96. The number of amides is 1. The minimum Gasteiger partial charge on any atom is -0.352 e. The van der Waals surface area contributed by atoms with Gasteiger partial charge in [-0.2, -0.15) is 0 Å². The predicted molar refractivity (Wildman–Crippen MR) is 125 cm³/mol. The average molecular weight is 435 g/mol. The summed E-state index contributed by atoms with van der Waals surface area (Å²) < 4.78 is 0. The van der Waals surface area contributed by atoms with E-state index in [0.717, 1.165) is 23.1 Å². The first kappa shape index (κ1) is 21.3. The predicted octanol–water partition coefficient (Wildman–Crippen LogP) is 5.51. The van der Waals surface area contributed by atoms with Crippen molar-refractivity contribution in [1.29, 1.82) is 0 Å². The first-order valence-corrected chi connectivity index (χ1v) is 11.3. The van der Waals surface area contributed by atoms with E-state index in [9.17, 15) is 4.79 Å². The summed E-state index contributed by atoms with van der Waals surface area (Å²) in [5.41, 5.74) is 3.58. The molecule has 1 saturated carbocycles. The van der Waals surface area contributed by atoms with Gasteiger partial charge in [-0.3, -0.25) is 4.79 Å². The van der Waals surface area contributed by atoms with Gasteiger partial charge in [-0.05, 0) is 54.7 Å². The molecule has 3 aromatic rings. The molecule has 0 saturated heterocycles. The second kappa shape index (κ2) is 10.4. The molecule has 0 radical (unpaired) electrons. The monoisotopic (exact) mass is 434 g/mol. The number of aromatic nitrogens is 2. The maximum atomic E-state index is 12.6. The third kappa shape index (κ3) is 6.05. The fourth-order valence-electron chi connectivity index (χ4n) is 3.89. The van der Waals surface area contributed by atoms with E-state index >= 15 is 0 Å². The van der Waals surface area contributed by atoms with Crippen molar-refractivity contribution in [2.24, 2.45) is 0 Å². The van der Waals surface area contributed by atoms with Crippen LogP contribution in [0.25, 0.3) is 11.1 Å². The molecule has 0 spiro atoms. The van der Waals surface area contributed by atoms with Crippen LogP contribution >= 0.6 is 11.6 Å². The van der Waals surface area contributed by atoms with E-state index in [0.29, 0.717) is 29.1 Å². The Bertz CT molecular complexity index is 999. The summed E-state index contributed by atoms with van der Waals surface area (Å²) in [6, 6.07) is 15.7. The van der Waals surface area contributed by atoms with Crippen LogP contribution < -0.4 is 10.6 Å². The van der Waals surface area contributed by atoms with Crippen molar-refractivity contribution in [2.75, 3.05) is 11.9 Å². The van der Waals surface area contributed by atoms with Gasteiger partial charge in [-0.25, -0.2) is 9.97 Å². The molecule has 4 rings (SSSR count). The standard InChI is InChI=1S/C25H27ClN4O/c26-22-11-9-18(10-12-22)13-14-27-24(31)20-6-4-5-19(15-20)21-16-28-25(29-17-21)30-23-7-2-1-3-8-23/h4-6,9-12,15-17,23H,1-3,7-8,13-14H2,(H,27,31)(H,28,29,30). The van der Waals surface area contributed by atoms with Gasteiger partial charge in [-0.15, -0.1) is 0 Å². The maximum Gasteiger partial charge on any atom is 0.251 e. The van der Waals surface area contributed by atoms with Crippen LogP contribution in [0.1, 0.15) is 48.0 Å². The molecule has 0 atom stereocenters. The van der Waals surface area contributed by atoms with Crippen LogP contribution in [0.2, 0.25) is 5.02 Å². The van der Waals surface area contributed by atoms with E-state index < -0.39 is 0 Å². The van der Waals surface area contributed by atoms with Gasteiger partial charge < -0.3 is 10.6 Å². The van der Waals surface area contributed by atoms with Crippen molar-refractivity contribution in [3.8, 4) is 11.1 Å². The summed E-state index contributed by atoms with van der Waals surface area (Å²) in [6.45, 7) is 0.565. The van der Waals surface area contributed by atoms with Crippen molar-refractivity contribution in [1.82, 2.24) is 15.3 Å². The summed E-state index contributed by atoms with van der Waals surface area (Å²) in [6.07, 6.45) is 10.6. The molecule has 1 aliphatic rings. The molecule has 0 bridgehead atoms. The van der Waals surface area contributed by atoms with Gasteiger partial charge in [0.05, 0.1) is 0 Å². The topological polar surface area (TPSA) is 66.9 Å². The zero-order valence-electron chi connectivity index (χ0n) is 17.5. The van der Waals surface area contributed by atoms with Crippen LogP contribution in [0, 0.1) is 0 Å². The number of nitrogens with one attached hydrogen (secondary N) is 2. The van der Waals surface area contributed by atoms with Crippen molar-refractivity contribution in [3.63, 3.8) is 0 Å². The Morgan fingerprint density at radius 3 is 2.45 bits per heavy atom. The van der Waals surface area contributed by atoms with Gasteiger partial charge in [0.2, 0.25) is 5.95 Å². The Balaban J connectivity index is 1.34. The summed E-state index contributed by atoms with van der Waals surface area (Å²) in [5.74, 6) is 0.582. The normalized spacial score (nSPS) is 14.2. The molecule has 6 heteroatoms. The van der Waals surface area contributed by atoms with Gasteiger partial charge in [0, 0.05) is 41.1 Å². The van der Waals surface area contributed by atoms with E-state index in [1.165, 1.54) is 32.1 Å². The highest BCUT2D eigenvalue weighted by Crippen LogP contribution is 2.22. The van der Waals surface area contributed by atoms with Crippen LogP contribution in [0.3, 0.4) is 0 Å². The number of carbonyl (C=O) groups is 1. The highest BCUT2D eigenvalue weighted by molar-refractivity contribution is 6.30. The van der Waals surface area contributed by atoms with Crippen LogP contribution in [-0.2, 0) is 6.42 Å². The molecule has 1 aromatic heterocycles. The van der Waals surface area contributed by atoms with E-state index in [1.54, 1.807) is 0 Å². The zero-order valence-corrected chi connectivity index (χ0v) is 18.2. The highest BCUT2D eigenvalue weighted by atomic mass is 35.5. The Morgan fingerprint density at radius 1 is 0.968 bits per heavy atom. The van der Waals surface area contributed by atoms with Crippen LogP contribution in [0.5, 0.6) is 0 Å². The lowest BCUT2D eigenvalue weighted by molar-refractivity contribution is 0.0954. The molecule has 1 fully saturated rings. The number of benzene rings is 2. The molecular weight excluding hydrogens is 408 g/mol. The molecular formula is C25H27ClN4O. The molecule has 31 heavy (non-hydrogen) atoms. The lowest BCUT2D eigenvalue weighted by Gasteiger charge is -2.22. The molecule has 1 heterocycles. The summed E-state index contributed by atoms with van der Waals surface area (Å²) in [5, 5.41) is 7.13. The Kier molecular flexibility index (Phi) is 7.15. The van der Waals surface area contributed by atoms with Crippen molar-refractivity contribution >= 4 is 23.5 Å². The first-order chi connectivity index (χ1) is 15.2. The average Bonchev–Trinajstić information content (AvgIpc) is 2.81. The molecule has 0 unspecified atom stereocenters. The van der Waals surface area contributed by atoms with E-state index in [4.69, 9.17) is 11.6 Å². The largest absolute Gasteiger partial charge is 0.352 e. The van der Waals surface area contributed by atoms with Gasteiger partial charge >= 0.3 is 0 Å². The van der Waals surface area contributed by atoms with Crippen LogP contribution in [-0.4, -0.2) is 28.5 Å². The number of anilines is 1. The molecule has 2 aromatic carbocycles. The van der Waals surface area contributed by atoms with Crippen molar-refractivity contribution < 1.29 is 4.79 Å². The van der Waals surface area contributed by atoms with E-state index in [2.05, 4.69) is 20.6 Å². The first-order valence-electron chi connectivity index (χ1n) is 10.9. The number of hydrogen-bond acceptors (Lipinski definition) is 4. The number of halogens is 1. The van der Waals surface area contributed by atoms with E-state index in [1.807, 2.05) is 60.9 Å². The molecule has 2 N–H and O–H groups in total. The smallest absolute Gasteiger partial charge is 0.251 e. The second-order valence-electron chi connectivity index (χ2n) is 7.99. The molecule has 0 aliphatic heterocycles. The van der Waals surface area contributed by atoms with Gasteiger partial charge in [0.25, 0.3) is 5.91 Å². The fourth-order valence-corrected chi connectivity index (χ4v) is 4.02. The Morgan fingerprint density at radius 2 is 1.71 bits per heavy atom. The zero-order chi connectivity index (χ0) is 21.5. The minimum atomic E-state index is -0.0904. The highest BCUT2D eigenvalue weighted by Gasteiger charge is 2.14. The van der Waals surface area contributed by atoms with Crippen LogP contribution in [0.4, 0.5) is 5.95 Å². The molecule has 1 aliphatic carbocycles. The summed E-state index contributed by atoms with van der Waals surface area (Å²) in [4.78, 5) is 21.5. The minimum absolute atomic E-state index is 0.0904. The number of hydrogen-bond donors (Lipinski definition) is 2. The van der Waals surface area contributed by atoms with Crippen LogP contribution in [0.15, 0.2) is 60.9 Å². The second-order valence-corrected chi connectivity index (χ2v) is 8.42. The third-order valence-electron chi connectivity index (χ3n) is 5.66. The molecule has 1 amide bonds. The van der Waals surface area contributed by atoms with Crippen molar-refractivity contribution in [2.45, 2.75) is 44.6 Å². The number of carbonyl (C=O) groups excluding carboxylic acids is 1. The maximum absolute atomic E-state index is 12.6. The van der Waals surface area contributed by atoms with E-state index in [-0.39, 0.29) is 5.91 Å². The summed E-state index contributed by atoms with van der Waals surface area (Å²) >= 11 is 5.91. The Labute approximate surface area is 188 Å². The van der Waals surface area contributed by atoms with Crippen molar-refractivity contribution in [3.05, 3.63) is 77.1 Å². The molecule has 5 nitrogen and oxygen atoms in total. The fraction of sp³-hybridized carbons (Fsp3) is 0.320. The SMILES string of the molecule is O=C(NCCc1ccc(Cl)cc1)c1cccc(-c2cnc(NC3CCCCC3)nc2)c1. The quantitative estimate of drug-likeness (QED) is 0.514. The number of rotatable bonds is 7.